The van der Waals surface area contributed by atoms with Crippen LogP contribution in [0.5, 0.6) is 0 Å². The van der Waals surface area contributed by atoms with Crippen molar-refractivity contribution in [2.45, 2.75) is 25.3 Å². The number of benzene rings is 2. The molecule has 0 aromatic heterocycles. The summed E-state index contributed by atoms with van der Waals surface area (Å²) in [6, 6.07) is 16.2. The molecule has 2 aromatic rings. The van der Waals surface area contributed by atoms with Crippen LogP contribution in [0.1, 0.15) is 29.2 Å². The molecule has 2 aromatic carbocycles. The summed E-state index contributed by atoms with van der Waals surface area (Å²) in [7, 11) is 1.90. The molecular weight excluding hydrogens is 260 g/mol. The Kier molecular flexibility index (Phi) is 3.65. The van der Waals surface area contributed by atoms with E-state index in [9.17, 15) is 4.79 Å². The van der Waals surface area contributed by atoms with E-state index in [0.717, 1.165) is 18.4 Å². The predicted molar refractivity (Wildman–Crippen MR) is 84.8 cm³/mol. The number of nitrogen functional groups attached to an aromatic ring is 1. The normalized spacial score (nSPS) is 16.5. The molecule has 0 saturated carbocycles. The number of nitrogens with two attached hydrogens (primary N) is 1. The van der Waals surface area contributed by atoms with Crippen LogP contribution in [0.25, 0.3) is 0 Å². The second-order valence-electron chi connectivity index (χ2n) is 5.63. The van der Waals surface area contributed by atoms with Crippen LogP contribution in [-0.2, 0) is 17.6 Å². The zero-order chi connectivity index (χ0) is 14.8. The molecule has 3 nitrogen and oxygen atoms in total. The van der Waals surface area contributed by atoms with Crippen LogP contribution in [0.3, 0.4) is 0 Å². The molecule has 0 saturated heterocycles. The van der Waals surface area contributed by atoms with Crippen LogP contribution >= 0.6 is 0 Å². The molecule has 1 amide bonds. The van der Waals surface area contributed by atoms with Crippen LogP contribution < -0.4 is 5.73 Å². The Morgan fingerprint density at radius 1 is 1.19 bits per heavy atom. The Morgan fingerprint density at radius 3 is 2.71 bits per heavy atom. The van der Waals surface area contributed by atoms with Crippen molar-refractivity contribution in [3.63, 3.8) is 0 Å². The minimum Gasteiger partial charge on any atom is -0.398 e. The summed E-state index contributed by atoms with van der Waals surface area (Å²) in [5, 5.41) is 0. The first-order valence-corrected chi connectivity index (χ1v) is 7.33. The number of hydrogen-bond acceptors (Lipinski definition) is 2. The Labute approximate surface area is 125 Å². The molecule has 0 fully saturated rings. The van der Waals surface area contributed by atoms with Gasteiger partial charge in [-0.25, -0.2) is 0 Å². The topological polar surface area (TPSA) is 46.3 Å². The van der Waals surface area contributed by atoms with Gasteiger partial charge in [0.1, 0.15) is 0 Å². The van der Waals surface area contributed by atoms with Gasteiger partial charge >= 0.3 is 0 Å². The van der Waals surface area contributed by atoms with Crippen LogP contribution in [0.2, 0.25) is 0 Å². The van der Waals surface area contributed by atoms with Crippen molar-refractivity contribution in [3.05, 3.63) is 65.2 Å². The summed E-state index contributed by atoms with van der Waals surface area (Å²) < 4.78 is 0. The maximum atomic E-state index is 12.5. The lowest BCUT2D eigenvalue weighted by atomic mass is 10.1. The number of aryl methyl sites for hydroxylation is 1. The minimum absolute atomic E-state index is 0.120. The van der Waals surface area contributed by atoms with Gasteiger partial charge in [0, 0.05) is 12.7 Å². The number of rotatable bonds is 3. The predicted octanol–water partition coefficient (Wildman–Crippen LogP) is 2.96. The molecule has 0 radical (unpaired) electrons. The van der Waals surface area contributed by atoms with Crippen molar-refractivity contribution in [3.8, 4) is 0 Å². The smallest absolute Gasteiger partial charge is 0.227 e. The highest BCUT2D eigenvalue weighted by Gasteiger charge is 2.28. The van der Waals surface area contributed by atoms with Gasteiger partial charge in [-0.2, -0.15) is 0 Å². The number of likely N-dealkylation sites (N-methyl/N-ethyl adjacent to an activating group) is 1. The van der Waals surface area contributed by atoms with Gasteiger partial charge < -0.3 is 10.6 Å². The van der Waals surface area contributed by atoms with E-state index in [1.165, 1.54) is 11.1 Å². The summed E-state index contributed by atoms with van der Waals surface area (Å²) in [5.41, 5.74) is 10.2. The standard InChI is InChI=1S/C18H20N2O/c1-20(17-11-10-13-6-2-4-8-15(13)17)18(21)12-14-7-3-5-9-16(14)19/h2-9,17H,10-12,19H2,1H3. The first kappa shape index (κ1) is 13.7. The Hall–Kier alpha value is -2.29. The molecule has 1 aliphatic carbocycles. The fourth-order valence-electron chi connectivity index (χ4n) is 3.09. The fourth-order valence-corrected chi connectivity index (χ4v) is 3.09. The van der Waals surface area contributed by atoms with E-state index < -0.39 is 0 Å². The molecule has 21 heavy (non-hydrogen) atoms. The SMILES string of the molecule is CN(C(=O)Cc1ccccc1N)C1CCc2ccccc21. The number of para-hydroxylation sites is 1. The second-order valence-corrected chi connectivity index (χ2v) is 5.63. The molecule has 0 heterocycles. The van der Waals surface area contributed by atoms with E-state index in [0.29, 0.717) is 12.1 Å². The molecule has 2 N–H and O–H groups in total. The number of fused-ring (bicyclic) bond motifs is 1. The molecule has 108 valence electrons. The maximum absolute atomic E-state index is 12.5. The summed E-state index contributed by atoms with van der Waals surface area (Å²) in [6.45, 7) is 0. The van der Waals surface area contributed by atoms with E-state index >= 15 is 0 Å². The van der Waals surface area contributed by atoms with E-state index in [-0.39, 0.29) is 11.9 Å². The highest BCUT2D eigenvalue weighted by Crippen LogP contribution is 2.35. The Morgan fingerprint density at radius 2 is 1.90 bits per heavy atom. The molecule has 1 atom stereocenters. The van der Waals surface area contributed by atoms with Gasteiger partial charge in [0.15, 0.2) is 0 Å². The zero-order valence-corrected chi connectivity index (χ0v) is 12.3. The molecule has 0 aliphatic heterocycles. The van der Waals surface area contributed by atoms with Crippen LogP contribution in [-0.4, -0.2) is 17.9 Å². The Balaban J connectivity index is 1.76. The lowest BCUT2D eigenvalue weighted by molar-refractivity contribution is -0.131. The molecule has 1 unspecified atom stereocenters. The lowest BCUT2D eigenvalue weighted by Crippen LogP contribution is -2.31. The number of hydrogen-bond donors (Lipinski definition) is 1. The summed E-state index contributed by atoms with van der Waals surface area (Å²) in [4.78, 5) is 14.4. The molecule has 1 aliphatic rings. The fraction of sp³-hybridized carbons (Fsp3) is 0.278. The lowest BCUT2D eigenvalue weighted by Gasteiger charge is -2.26. The van der Waals surface area contributed by atoms with Crippen LogP contribution in [0.15, 0.2) is 48.5 Å². The van der Waals surface area contributed by atoms with Gasteiger partial charge in [-0.3, -0.25) is 4.79 Å². The van der Waals surface area contributed by atoms with Gasteiger partial charge in [-0.05, 0) is 35.6 Å². The summed E-state index contributed by atoms with van der Waals surface area (Å²) in [6.07, 6.45) is 2.42. The number of anilines is 1. The second kappa shape index (κ2) is 5.60. The third kappa shape index (κ3) is 2.64. The van der Waals surface area contributed by atoms with Crippen molar-refractivity contribution in [2.75, 3.05) is 12.8 Å². The molecule has 0 spiro atoms. The first-order valence-electron chi connectivity index (χ1n) is 7.33. The van der Waals surface area contributed by atoms with Crippen molar-refractivity contribution in [1.29, 1.82) is 0 Å². The molecule has 3 heteroatoms. The van der Waals surface area contributed by atoms with Gasteiger partial charge in [0.2, 0.25) is 5.91 Å². The van der Waals surface area contributed by atoms with E-state index in [1.807, 2.05) is 42.3 Å². The van der Waals surface area contributed by atoms with Gasteiger partial charge in [-0.15, -0.1) is 0 Å². The maximum Gasteiger partial charge on any atom is 0.227 e. The van der Waals surface area contributed by atoms with Gasteiger partial charge in [-0.1, -0.05) is 42.5 Å². The average Bonchev–Trinajstić information content (AvgIpc) is 2.92. The highest BCUT2D eigenvalue weighted by atomic mass is 16.2. The van der Waals surface area contributed by atoms with Crippen molar-refractivity contribution in [2.24, 2.45) is 0 Å². The Bertz CT molecular complexity index is 666. The minimum atomic E-state index is 0.120. The monoisotopic (exact) mass is 280 g/mol. The first-order chi connectivity index (χ1) is 10.2. The van der Waals surface area contributed by atoms with Gasteiger partial charge in [0.25, 0.3) is 0 Å². The van der Waals surface area contributed by atoms with Crippen molar-refractivity contribution < 1.29 is 4.79 Å². The highest BCUT2D eigenvalue weighted by molar-refractivity contribution is 5.80. The summed E-state index contributed by atoms with van der Waals surface area (Å²) >= 11 is 0. The number of nitrogens with zero attached hydrogens (tertiary/aromatic N) is 1. The van der Waals surface area contributed by atoms with E-state index in [1.54, 1.807) is 0 Å². The average molecular weight is 280 g/mol. The molecular formula is C18H20N2O. The van der Waals surface area contributed by atoms with Crippen molar-refractivity contribution in [1.82, 2.24) is 4.90 Å². The summed E-state index contributed by atoms with van der Waals surface area (Å²) in [5.74, 6) is 0.120. The molecule has 3 rings (SSSR count). The number of carbonyl (C=O) groups is 1. The zero-order valence-electron chi connectivity index (χ0n) is 12.3. The molecule has 0 bridgehead atoms. The van der Waals surface area contributed by atoms with E-state index in [4.69, 9.17) is 5.73 Å². The van der Waals surface area contributed by atoms with Crippen LogP contribution in [0, 0.1) is 0 Å². The van der Waals surface area contributed by atoms with Crippen LogP contribution in [0.4, 0.5) is 5.69 Å². The quantitative estimate of drug-likeness (QED) is 0.879. The van der Waals surface area contributed by atoms with E-state index in [2.05, 4.69) is 18.2 Å². The van der Waals surface area contributed by atoms with Gasteiger partial charge in [0.05, 0.1) is 12.5 Å². The third-order valence-corrected chi connectivity index (χ3v) is 4.36. The number of amides is 1. The number of carbonyl (C=O) groups excluding carboxylic acids is 1. The third-order valence-electron chi connectivity index (χ3n) is 4.36. The van der Waals surface area contributed by atoms with Crippen molar-refractivity contribution >= 4 is 11.6 Å². The largest absolute Gasteiger partial charge is 0.398 e.